The highest BCUT2D eigenvalue weighted by Gasteiger charge is 2.19. The number of aromatic nitrogens is 1. The summed E-state index contributed by atoms with van der Waals surface area (Å²) >= 11 is 1.82. The lowest BCUT2D eigenvalue weighted by Crippen LogP contribution is -2.47. The molecule has 1 aromatic heterocycles. The molecule has 1 saturated heterocycles. The van der Waals surface area contributed by atoms with Gasteiger partial charge in [-0.3, -0.25) is 10.3 Å². The van der Waals surface area contributed by atoms with Gasteiger partial charge in [0.25, 0.3) is 0 Å². The van der Waals surface area contributed by atoms with Gasteiger partial charge in [0.15, 0.2) is 0 Å². The van der Waals surface area contributed by atoms with Crippen LogP contribution >= 0.6 is 11.8 Å². The summed E-state index contributed by atoms with van der Waals surface area (Å²) in [4.78, 5) is 9.37. The zero-order chi connectivity index (χ0) is 21.5. The fraction of sp³-hybridized carbons (Fsp3) is 0.308. The molecule has 31 heavy (non-hydrogen) atoms. The Balaban J connectivity index is 1.38. The summed E-state index contributed by atoms with van der Waals surface area (Å²) in [7, 11) is 0. The van der Waals surface area contributed by atoms with Gasteiger partial charge in [-0.2, -0.15) is 0 Å². The molecule has 0 aliphatic carbocycles. The Labute approximate surface area is 189 Å². The molecule has 0 radical (unpaired) electrons. The Hall–Kier alpha value is -2.63. The smallest absolute Gasteiger partial charge is 0.101 e. The monoisotopic (exact) mass is 430 g/mol. The number of piperazine rings is 1. The second kappa shape index (κ2) is 10.6. The molecular weight excluding hydrogens is 400 g/mol. The number of hydrogen-bond donors (Lipinski definition) is 1. The van der Waals surface area contributed by atoms with Crippen LogP contribution in [0.5, 0.6) is 0 Å². The highest BCUT2D eigenvalue weighted by atomic mass is 32.2. The molecule has 160 valence electrons. The summed E-state index contributed by atoms with van der Waals surface area (Å²) in [6, 6.07) is 23.6. The summed E-state index contributed by atoms with van der Waals surface area (Å²) in [6.07, 6.45) is 2.71. The van der Waals surface area contributed by atoms with E-state index in [0.717, 1.165) is 55.8 Å². The van der Waals surface area contributed by atoms with Crippen LogP contribution in [0, 0.1) is 5.41 Å². The summed E-state index contributed by atoms with van der Waals surface area (Å²) < 4.78 is 0. The summed E-state index contributed by atoms with van der Waals surface area (Å²) in [5, 5.41) is 9.18. The van der Waals surface area contributed by atoms with Crippen LogP contribution in [0.2, 0.25) is 0 Å². The molecule has 0 unspecified atom stereocenters. The minimum atomic E-state index is 0.759. The van der Waals surface area contributed by atoms with E-state index >= 15 is 0 Å². The maximum Gasteiger partial charge on any atom is 0.101 e. The van der Waals surface area contributed by atoms with Crippen molar-refractivity contribution < 1.29 is 0 Å². The number of benzene rings is 2. The van der Waals surface area contributed by atoms with E-state index in [0.29, 0.717) is 0 Å². The molecule has 1 aliphatic heterocycles. The van der Waals surface area contributed by atoms with Crippen LogP contribution in [0.1, 0.15) is 24.5 Å². The van der Waals surface area contributed by atoms with Crippen LogP contribution in [-0.4, -0.2) is 46.8 Å². The molecule has 0 amide bonds. The predicted octanol–water partition coefficient (Wildman–Crippen LogP) is 5.55. The molecule has 1 N–H and O–H groups in total. The van der Waals surface area contributed by atoms with Gasteiger partial charge in [0, 0.05) is 51.1 Å². The predicted molar refractivity (Wildman–Crippen MR) is 131 cm³/mol. The van der Waals surface area contributed by atoms with E-state index in [-0.39, 0.29) is 0 Å². The van der Waals surface area contributed by atoms with E-state index in [1.54, 1.807) is 0 Å². The first kappa shape index (κ1) is 21.6. The zero-order valence-corrected chi connectivity index (χ0v) is 18.9. The van der Waals surface area contributed by atoms with Crippen molar-refractivity contribution in [3.63, 3.8) is 0 Å². The third-order valence-electron chi connectivity index (χ3n) is 5.74. The quantitative estimate of drug-likeness (QED) is 0.303. The fourth-order valence-electron chi connectivity index (χ4n) is 3.94. The lowest BCUT2D eigenvalue weighted by molar-refractivity contribution is 0.172. The van der Waals surface area contributed by atoms with Crippen LogP contribution in [0.25, 0.3) is 11.1 Å². The molecule has 1 aliphatic rings. The molecule has 0 atom stereocenters. The van der Waals surface area contributed by atoms with Crippen LogP contribution in [0.3, 0.4) is 0 Å². The normalized spacial score (nSPS) is 14.5. The minimum Gasteiger partial charge on any atom is -0.358 e. The Kier molecular flexibility index (Phi) is 7.39. The number of rotatable bonds is 7. The van der Waals surface area contributed by atoms with Crippen molar-refractivity contribution in [1.82, 2.24) is 14.8 Å². The molecule has 0 spiro atoms. The Morgan fingerprint density at radius 3 is 2.48 bits per heavy atom. The van der Waals surface area contributed by atoms with Crippen LogP contribution in [-0.2, 0) is 12.3 Å². The molecule has 2 aromatic carbocycles. The van der Waals surface area contributed by atoms with Crippen LogP contribution in [0.15, 0.2) is 78.0 Å². The van der Waals surface area contributed by atoms with Crippen molar-refractivity contribution in [2.45, 2.75) is 30.7 Å². The van der Waals surface area contributed by atoms with Gasteiger partial charge in [-0.1, -0.05) is 67.6 Å². The molecule has 1 fully saturated rings. The third kappa shape index (κ3) is 5.75. The number of nitrogens with one attached hydrogen (secondary N) is 1. The van der Waals surface area contributed by atoms with Crippen molar-refractivity contribution in [1.29, 1.82) is 5.41 Å². The second-order valence-electron chi connectivity index (χ2n) is 7.89. The van der Waals surface area contributed by atoms with Gasteiger partial charge in [-0.05, 0) is 28.3 Å². The first-order valence-corrected chi connectivity index (χ1v) is 12.0. The number of amidine groups is 1. The summed E-state index contributed by atoms with van der Waals surface area (Å²) in [5.74, 6) is 1.67. The van der Waals surface area contributed by atoms with Gasteiger partial charge < -0.3 is 4.90 Å². The number of pyridine rings is 1. The first-order chi connectivity index (χ1) is 15.2. The SMILES string of the molecule is CCC(=N)N1CCN(Cc2cccnc2SCc2cccc(-c3ccccc3)c2)CC1. The van der Waals surface area contributed by atoms with E-state index in [1.165, 1.54) is 22.3 Å². The molecular formula is C26H30N4S. The topological polar surface area (TPSA) is 43.2 Å². The maximum absolute atomic E-state index is 8.05. The van der Waals surface area contributed by atoms with E-state index in [1.807, 2.05) is 24.0 Å². The molecule has 5 heteroatoms. The van der Waals surface area contributed by atoms with Crippen molar-refractivity contribution in [2.75, 3.05) is 26.2 Å². The number of thioether (sulfide) groups is 1. The van der Waals surface area contributed by atoms with Crippen LogP contribution in [0.4, 0.5) is 0 Å². The number of nitrogens with zero attached hydrogens (tertiary/aromatic N) is 3. The average molecular weight is 431 g/mol. The first-order valence-electron chi connectivity index (χ1n) is 11.0. The lowest BCUT2D eigenvalue weighted by Gasteiger charge is -2.36. The van der Waals surface area contributed by atoms with E-state index in [4.69, 9.17) is 5.41 Å². The molecule has 2 heterocycles. The fourth-order valence-corrected chi connectivity index (χ4v) is 4.87. The summed E-state index contributed by atoms with van der Waals surface area (Å²) in [5.41, 5.74) is 5.12. The molecule has 0 bridgehead atoms. The van der Waals surface area contributed by atoms with E-state index in [2.05, 4.69) is 82.4 Å². The maximum atomic E-state index is 8.05. The van der Waals surface area contributed by atoms with Gasteiger partial charge in [-0.25, -0.2) is 4.98 Å². The van der Waals surface area contributed by atoms with E-state index < -0.39 is 0 Å². The van der Waals surface area contributed by atoms with E-state index in [9.17, 15) is 0 Å². The van der Waals surface area contributed by atoms with Gasteiger partial charge >= 0.3 is 0 Å². The lowest BCUT2D eigenvalue weighted by atomic mass is 10.0. The number of hydrogen-bond acceptors (Lipinski definition) is 4. The van der Waals surface area contributed by atoms with Crippen molar-refractivity contribution in [3.8, 4) is 11.1 Å². The van der Waals surface area contributed by atoms with Crippen molar-refractivity contribution in [3.05, 3.63) is 84.1 Å². The highest BCUT2D eigenvalue weighted by Crippen LogP contribution is 2.27. The highest BCUT2D eigenvalue weighted by molar-refractivity contribution is 7.98. The van der Waals surface area contributed by atoms with Gasteiger partial charge in [0.2, 0.25) is 0 Å². The van der Waals surface area contributed by atoms with Crippen LogP contribution < -0.4 is 0 Å². The van der Waals surface area contributed by atoms with Crippen molar-refractivity contribution >= 4 is 17.6 Å². The molecule has 0 saturated carbocycles. The van der Waals surface area contributed by atoms with Crippen molar-refractivity contribution in [2.24, 2.45) is 0 Å². The Morgan fingerprint density at radius 2 is 1.71 bits per heavy atom. The standard InChI is InChI=1S/C26H30N4S/c1-2-25(27)30-16-14-29(15-17-30)19-24-12-7-13-28-26(24)31-20-21-8-6-11-23(18-21)22-9-4-3-5-10-22/h3-13,18,27H,2,14-17,19-20H2,1H3. The minimum absolute atomic E-state index is 0.759. The second-order valence-corrected chi connectivity index (χ2v) is 8.85. The van der Waals surface area contributed by atoms with Gasteiger partial charge in [0.05, 0.1) is 5.84 Å². The Morgan fingerprint density at radius 1 is 0.935 bits per heavy atom. The summed E-state index contributed by atoms with van der Waals surface area (Å²) in [6.45, 7) is 6.88. The molecule has 4 nitrogen and oxygen atoms in total. The average Bonchev–Trinajstić information content (AvgIpc) is 2.84. The zero-order valence-electron chi connectivity index (χ0n) is 18.1. The molecule has 4 rings (SSSR count). The Bertz CT molecular complexity index is 997. The molecule has 3 aromatic rings. The van der Waals surface area contributed by atoms with Gasteiger partial charge in [-0.15, -0.1) is 11.8 Å². The van der Waals surface area contributed by atoms with Gasteiger partial charge in [0.1, 0.15) is 5.03 Å². The largest absolute Gasteiger partial charge is 0.358 e. The third-order valence-corrected chi connectivity index (χ3v) is 6.86.